The maximum absolute atomic E-state index is 13.4. The van der Waals surface area contributed by atoms with Crippen LogP contribution in [0.3, 0.4) is 0 Å². The molecule has 1 amide bonds. The van der Waals surface area contributed by atoms with Crippen molar-refractivity contribution in [2.24, 2.45) is 0 Å². The molecule has 1 heterocycles. The molecule has 0 saturated heterocycles. The van der Waals surface area contributed by atoms with E-state index in [-0.39, 0.29) is 28.7 Å². The third-order valence-electron chi connectivity index (χ3n) is 7.74. The summed E-state index contributed by atoms with van der Waals surface area (Å²) >= 11 is 0. The molecule has 2 atom stereocenters. The van der Waals surface area contributed by atoms with Gasteiger partial charge in [-0.1, -0.05) is 45.2 Å². The first kappa shape index (κ1) is 29.3. The van der Waals surface area contributed by atoms with E-state index in [0.29, 0.717) is 36.6 Å². The Morgan fingerprint density at radius 3 is 2.31 bits per heavy atom. The number of nitrogens with zero attached hydrogens (tertiary/aromatic N) is 3. The highest BCUT2D eigenvalue weighted by molar-refractivity contribution is 7.89. The van der Waals surface area contributed by atoms with Crippen LogP contribution in [-0.2, 0) is 19.6 Å². The van der Waals surface area contributed by atoms with Gasteiger partial charge < -0.3 is 24.4 Å². The summed E-state index contributed by atoms with van der Waals surface area (Å²) in [6, 6.07) is 10.5. The fraction of sp³-hybridized carbons (Fsp3) is 0.552. The monoisotopic (exact) mass is 559 g/mol. The smallest absolute Gasteiger partial charge is 0.246 e. The Balaban J connectivity index is 1.77. The summed E-state index contributed by atoms with van der Waals surface area (Å²) in [6.07, 6.45) is 4.03. The molecule has 4 rings (SSSR count). The number of anilines is 2. The van der Waals surface area contributed by atoms with Crippen LogP contribution in [-0.4, -0.2) is 69.0 Å². The molecule has 0 radical (unpaired) electrons. The van der Waals surface area contributed by atoms with Crippen LogP contribution in [0.5, 0.6) is 5.75 Å². The second-order valence-corrected chi connectivity index (χ2v) is 12.2. The van der Waals surface area contributed by atoms with Gasteiger partial charge in [0.25, 0.3) is 0 Å². The molecule has 1 N–H and O–H groups in total. The lowest BCUT2D eigenvalue weighted by molar-refractivity contribution is -0.144. The van der Waals surface area contributed by atoms with Crippen molar-refractivity contribution in [3.8, 4) is 16.9 Å². The van der Waals surface area contributed by atoms with Crippen LogP contribution in [0.15, 0.2) is 41.3 Å². The van der Waals surface area contributed by atoms with Gasteiger partial charge in [-0.05, 0) is 55.2 Å². The van der Waals surface area contributed by atoms with Gasteiger partial charge in [-0.3, -0.25) is 4.79 Å². The standard InChI is InChI=1S/C29H41N3O6S/c1-6-30(7-2)39(35,36)28-18-23(14-16-27(28)37-5)22-13-15-25-26(17-22)31(19-20(3)32(25)21(4)33)29(34)38-24-11-9-8-10-12-24/h13-18,20,24,29,34H,6-12,19H2,1-5H3/t20-,29?/m0/s1. The Kier molecular flexibility index (Phi) is 9.21. The minimum atomic E-state index is -3.77. The summed E-state index contributed by atoms with van der Waals surface area (Å²) in [5, 5.41) is 11.2. The van der Waals surface area contributed by atoms with Gasteiger partial charge in [-0.2, -0.15) is 4.31 Å². The molecule has 0 spiro atoms. The fourth-order valence-corrected chi connectivity index (χ4v) is 7.37. The second kappa shape index (κ2) is 12.2. The van der Waals surface area contributed by atoms with Gasteiger partial charge in [0.1, 0.15) is 10.6 Å². The molecule has 9 nitrogen and oxygen atoms in total. The number of hydrogen-bond acceptors (Lipinski definition) is 7. The molecule has 2 aromatic carbocycles. The summed E-state index contributed by atoms with van der Waals surface area (Å²) in [6.45, 7) is 8.18. The van der Waals surface area contributed by atoms with Crippen LogP contribution in [0.1, 0.15) is 59.8 Å². The van der Waals surface area contributed by atoms with Crippen LogP contribution in [0.4, 0.5) is 11.4 Å². The maximum atomic E-state index is 13.4. The summed E-state index contributed by atoms with van der Waals surface area (Å²) in [7, 11) is -2.32. The third kappa shape index (κ3) is 5.94. The minimum Gasteiger partial charge on any atom is -0.495 e. The van der Waals surface area contributed by atoms with Crippen molar-refractivity contribution in [3.63, 3.8) is 0 Å². The maximum Gasteiger partial charge on any atom is 0.246 e. The van der Waals surface area contributed by atoms with E-state index in [4.69, 9.17) is 9.47 Å². The molecule has 1 unspecified atom stereocenters. The van der Waals surface area contributed by atoms with E-state index in [1.807, 2.05) is 31.2 Å². The fourth-order valence-electron chi connectivity index (χ4n) is 5.74. The number of carbonyl (C=O) groups excluding carboxylic acids is 1. The number of fused-ring (bicyclic) bond motifs is 1. The minimum absolute atomic E-state index is 0.00374. The number of aliphatic hydroxyl groups excluding tert-OH is 1. The van der Waals surface area contributed by atoms with Gasteiger partial charge in [-0.15, -0.1) is 0 Å². The first-order chi connectivity index (χ1) is 18.6. The number of aliphatic hydroxyl groups is 1. The van der Waals surface area contributed by atoms with Crippen LogP contribution < -0.4 is 14.5 Å². The Morgan fingerprint density at radius 1 is 1.05 bits per heavy atom. The first-order valence-electron chi connectivity index (χ1n) is 13.8. The van der Waals surface area contributed by atoms with Crippen molar-refractivity contribution in [1.82, 2.24) is 4.31 Å². The van der Waals surface area contributed by atoms with Crippen molar-refractivity contribution in [2.45, 2.75) is 83.3 Å². The van der Waals surface area contributed by atoms with E-state index < -0.39 is 16.4 Å². The lowest BCUT2D eigenvalue weighted by Crippen LogP contribution is -2.53. The number of benzene rings is 2. The number of sulfonamides is 1. The number of hydrogen-bond donors (Lipinski definition) is 1. The summed E-state index contributed by atoms with van der Waals surface area (Å²) in [5.41, 5.74) is 2.77. The van der Waals surface area contributed by atoms with Crippen molar-refractivity contribution < 1.29 is 27.8 Å². The Bertz CT molecular complexity index is 1270. The van der Waals surface area contributed by atoms with Crippen molar-refractivity contribution in [3.05, 3.63) is 36.4 Å². The molecule has 1 fully saturated rings. The highest BCUT2D eigenvalue weighted by Gasteiger charge is 2.35. The van der Waals surface area contributed by atoms with Crippen molar-refractivity contribution in [2.75, 3.05) is 36.5 Å². The molecule has 39 heavy (non-hydrogen) atoms. The Labute approximate surface area is 232 Å². The Hall–Kier alpha value is -2.66. The molecule has 1 aliphatic carbocycles. The quantitative estimate of drug-likeness (QED) is 0.449. The lowest BCUT2D eigenvalue weighted by atomic mass is 9.98. The van der Waals surface area contributed by atoms with Gasteiger partial charge >= 0.3 is 0 Å². The van der Waals surface area contributed by atoms with Crippen LogP contribution >= 0.6 is 0 Å². The van der Waals surface area contributed by atoms with E-state index in [1.54, 1.807) is 35.8 Å². The van der Waals surface area contributed by atoms with Gasteiger partial charge in [0.15, 0.2) is 0 Å². The van der Waals surface area contributed by atoms with Crippen molar-refractivity contribution >= 4 is 27.3 Å². The molecule has 214 valence electrons. The summed E-state index contributed by atoms with van der Waals surface area (Å²) in [4.78, 5) is 16.2. The zero-order chi connectivity index (χ0) is 28.3. The molecule has 2 aliphatic rings. The Morgan fingerprint density at radius 2 is 1.69 bits per heavy atom. The van der Waals surface area contributed by atoms with Gasteiger partial charge in [-0.25, -0.2) is 8.42 Å². The second-order valence-electron chi connectivity index (χ2n) is 10.3. The predicted octanol–water partition coefficient (Wildman–Crippen LogP) is 4.58. The van der Waals surface area contributed by atoms with Crippen molar-refractivity contribution in [1.29, 1.82) is 0 Å². The number of carbonyl (C=O) groups is 1. The highest BCUT2D eigenvalue weighted by atomic mass is 32.2. The predicted molar refractivity (Wildman–Crippen MR) is 152 cm³/mol. The number of ether oxygens (including phenoxy) is 2. The number of amides is 1. The molecule has 2 aromatic rings. The molecular formula is C29H41N3O6S. The normalized spacial score (nSPS) is 19.2. The van der Waals surface area contributed by atoms with Crippen LogP contribution in [0, 0.1) is 0 Å². The van der Waals surface area contributed by atoms with E-state index in [9.17, 15) is 18.3 Å². The molecule has 10 heteroatoms. The lowest BCUT2D eigenvalue weighted by Gasteiger charge is -2.44. The van der Waals surface area contributed by atoms with E-state index in [1.165, 1.54) is 24.8 Å². The van der Waals surface area contributed by atoms with Gasteiger partial charge in [0.2, 0.25) is 22.3 Å². The topological polar surface area (TPSA) is 99.6 Å². The molecule has 1 aliphatic heterocycles. The van der Waals surface area contributed by atoms with E-state index >= 15 is 0 Å². The third-order valence-corrected chi connectivity index (χ3v) is 9.81. The molecule has 0 aromatic heterocycles. The number of rotatable bonds is 9. The largest absolute Gasteiger partial charge is 0.495 e. The first-order valence-corrected chi connectivity index (χ1v) is 15.3. The molecule has 0 bridgehead atoms. The van der Waals surface area contributed by atoms with Gasteiger partial charge in [0.05, 0.1) is 30.6 Å². The zero-order valence-electron chi connectivity index (χ0n) is 23.6. The number of methoxy groups -OCH3 is 1. The van der Waals surface area contributed by atoms with Crippen LogP contribution in [0.2, 0.25) is 0 Å². The average Bonchev–Trinajstić information content (AvgIpc) is 2.92. The summed E-state index contributed by atoms with van der Waals surface area (Å²) in [5.74, 6) is 0.189. The zero-order valence-corrected chi connectivity index (χ0v) is 24.4. The van der Waals surface area contributed by atoms with E-state index in [0.717, 1.165) is 31.2 Å². The molecular weight excluding hydrogens is 518 g/mol. The molecule has 1 saturated carbocycles. The average molecular weight is 560 g/mol. The van der Waals surface area contributed by atoms with Crippen LogP contribution in [0.25, 0.3) is 11.1 Å². The van der Waals surface area contributed by atoms with E-state index in [2.05, 4.69) is 0 Å². The van der Waals surface area contributed by atoms with Gasteiger partial charge in [0, 0.05) is 26.6 Å². The summed E-state index contributed by atoms with van der Waals surface area (Å²) < 4.78 is 39.8. The highest BCUT2D eigenvalue weighted by Crippen LogP contribution is 2.41. The SMILES string of the molecule is CCN(CC)S(=O)(=O)c1cc(-c2ccc3c(c2)N(C(O)OC2CCCCC2)C[C@H](C)N3C(C)=O)ccc1OC.